The van der Waals surface area contributed by atoms with Crippen LogP contribution >= 0.6 is 0 Å². The number of carbonyl (C=O) groups is 2. The van der Waals surface area contributed by atoms with Crippen LogP contribution in [0.4, 0.5) is 4.79 Å². The van der Waals surface area contributed by atoms with Crippen molar-refractivity contribution >= 4 is 12.0 Å². The van der Waals surface area contributed by atoms with Crippen LogP contribution in [0.25, 0.3) is 0 Å². The number of amides is 2. The van der Waals surface area contributed by atoms with Gasteiger partial charge in [0.25, 0.3) is 0 Å². The number of nitrogens with one attached hydrogen (secondary N) is 1. The maximum atomic E-state index is 12.3. The van der Waals surface area contributed by atoms with Gasteiger partial charge in [0.05, 0.1) is 6.42 Å². The van der Waals surface area contributed by atoms with E-state index in [-0.39, 0.29) is 18.5 Å². The van der Waals surface area contributed by atoms with Crippen LogP contribution in [0, 0.1) is 5.92 Å². The smallest absolute Gasteiger partial charge is 0.317 e. The van der Waals surface area contributed by atoms with Crippen molar-refractivity contribution in [3.63, 3.8) is 0 Å². The Kier molecular flexibility index (Phi) is 5.45. The van der Waals surface area contributed by atoms with Gasteiger partial charge in [-0.2, -0.15) is 0 Å². The summed E-state index contributed by atoms with van der Waals surface area (Å²) in [6, 6.07) is 0.134. The van der Waals surface area contributed by atoms with E-state index >= 15 is 0 Å². The summed E-state index contributed by atoms with van der Waals surface area (Å²) in [7, 11) is 0. The SMILES string of the molecule is CCN(CC)C1CCN(C(=O)NC(CC(=O)O)C2CC2)C1. The molecule has 21 heavy (non-hydrogen) atoms. The summed E-state index contributed by atoms with van der Waals surface area (Å²) in [6.07, 6.45) is 3.09. The number of likely N-dealkylation sites (N-methyl/N-ethyl adjacent to an activating group) is 1. The standard InChI is InChI=1S/C15H27N3O3/c1-3-17(4-2)12-7-8-18(10-12)15(21)16-13(9-14(19)20)11-5-6-11/h11-13H,3-10H2,1-2H3,(H,16,21)(H,19,20). The molecule has 6 heteroatoms. The Morgan fingerprint density at radius 3 is 2.48 bits per heavy atom. The largest absolute Gasteiger partial charge is 0.481 e. The molecule has 0 aromatic rings. The van der Waals surface area contributed by atoms with Gasteiger partial charge in [0.1, 0.15) is 0 Å². The number of aliphatic carboxylic acids is 1. The second kappa shape index (κ2) is 7.11. The first-order valence-electron chi connectivity index (χ1n) is 8.06. The molecule has 1 aliphatic carbocycles. The number of hydrogen-bond acceptors (Lipinski definition) is 3. The monoisotopic (exact) mass is 297 g/mol. The van der Waals surface area contributed by atoms with Crippen molar-refractivity contribution in [1.29, 1.82) is 0 Å². The van der Waals surface area contributed by atoms with E-state index in [9.17, 15) is 9.59 Å². The molecule has 0 aromatic carbocycles. The average molecular weight is 297 g/mol. The van der Waals surface area contributed by atoms with Crippen molar-refractivity contribution in [2.75, 3.05) is 26.2 Å². The second-order valence-electron chi connectivity index (χ2n) is 6.10. The number of urea groups is 1. The van der Waals surface area contributed by atoms with E-state index < -0.39 is 5.97 Å². The molecule has 2 unspecified atom stereocenters. The van der Waals surface area contributed by atoms with Crippen molar-refractivity contribution in [2.24, 2.45) is 5.92 Å². The number of nitrogens with zero attached hydrogens (tertiary/aromatic N) is 2. The molecule has 1 saturated heterocycles. The van der Waals surface area contributed by atoms with Gasteiger partial charge in [0.2, 0.25) is 0 Å². The first kappa shape index (κ1) is 16.1. The topological polar surface area (TPSA) is 72.9 Å². The number of carboxylic acid groups (broad SMARTS) is 1. The average Bonchev–Trinajstić information content (AvgIpc) is 3.17. The van der Waals surface area contributed by atoms with Crippen LogP contribution in [-0.4, -0.2) is 65.2 Å². The molecule has 2 rings (SSSR count). The highest BCUT2D eigenvalue weighted by atomic mass is 16.4. The first-order chi connectivity index (χ1) is 10.0. The van der Waals surface area contributed by atoms with Crippen LogP contribution in [-0.2, 0) is 4.79 Å². The molecule has 2 amide bonds. The van der Waals surface area contributed by atoms with Gasteiger partial charge in [-0.3, -0.25) is 9.69 Å². The first-order valence-corrected chi connectivity index (χ1v) is 8.06. The molecule has 0 spiro atoms. The zero-order valence-electron chi connectivity index (χ0n) is 13.0. The lowest BCUT2D eigenvalue weighted by molar-refractivity contribution is -0.137. The van der Waals surface area contributed by atoms with Crippen molar-refractivity contribution in [2.45, 2.75) is 51.6 Å². The molecular formula is C15H27N3O3. The lowest BCUT2D eigenvalue weighted by Gasteiger charge is -2.27. The maximum absolute atomic E-state index is 12.3. The van der Waals surface area contributed by atoms with Gasteiger partial charge in [0, 0.05) is 25.2 Å². The van der Waals surface area contributed by atoms with Gasteiger partial charge in [-0.1, -0.05) is 13.8 Å². The Morgan fingerprint density at radius 1 is 1.29 bits per heavy atom. The fourth-order valence-corrected chi connectivity index (χ4v) is 3.24. The van der Waals surface area contributed by atoms with Crippen molar-refractivity contribution in [3.05, 3.63) is 0 Å². The molecule has 0 bridgehead atoms. The van der Waals surface area contributed by atoms with Gasteiger partial charge in [0.15, 0.2) is 0 Å². The lowest BCUT2D eigenvalue weighted by atomic mass is 10.1. The zero-order valence-corrected chi connectivity index (χ0v) is 13.0. The second-order valence-corrected chi connectivity index (χ2v) is 6.10. The molecule has 1 heterocycles. The minimum Gasteiger partial charge on any atom is -0.481 e. The van der Waals surface area contributed by atoms with Gasteiger partial charge in [-0.15, -0.1) is 0 Å². The van der Waals surface area contributed by atoms with Crippen LogP contribution in [0.1, 0.15) is 39.5 Å². The summed E-state index contributed by atoms with van der Waals surface area (Å²) < 4.78 is 0. The molecule has 2 N–H and O–H groups in total. The third kappa shape index (κ3) is 4.33. The molecular weight excluding hydrogens is 270 g/mol. The van der Waals surface area contributed by atoms with E-state index in [1.54, 1.807) is 0 Å². The minimum atomic E-state index is -0.838. The van der Waals surface area contributed by atoms with Gasteiger partial charge in [-0.05, 0) is 38.3 Å². The predicted molar refractivity (Wildman–Crippen MR) is 80.2 cm³/mol. The van der Waals surface area contributed by atoms with Crippen molar-refractivity contribution in [1.82, 2.24) is 15.1 Å². The van der Waals surface area contributed by atoms with Crippen LogP contribution in [0.2, 0.25) is 0 Å². The van der Waals surface area contributed by atoms with Gasteiger partial charge in [-0.25, -0.2) is 4.79 Å². The molecule has 2 atom stereocenters. The van der Waals surface area contributed by atoms with Crippen LogP contribution in [0.3, 0.4) is 0 Å². The van der Waals surface area contributed by atoms with E-state index in [2.05, 4.69) is 24.1 Å². The summed E-state index contributed by atoms with van der Waals surface area (Å²) in [5.41, 5.74) is 0. The maximum Gasteiger partial charge on any atom is 0.317 e. The summed E-state index contributed by atoms with van der Waals surface area (Å²) in [5, 5.41) is 11.9. The lowest BCUT2D eigenvalue weighted by Crippen LogP contribution is -2.47. The number of carbonyl (C=O) groups excluding carboxylic acids is 1. The number of rotatable bonds is 7. The highest BCUT2D eigenvalue weighted by Gasteiger charge is 2.36. The molecule has 120 valence electrons. The molecule has 0 aromatic heterocycles. The normalized spacial score (nSPS) is 23.4. The molecule has 0 radical (unpaired) electrons. The van der Waals surface area contributed by atoms with E-state index in [0.717, 1.165) is 45.4 Å². The summed E-state index contributed by atoms with van der Waals surface area (Å²) in [6.45, 7) is 7.79. The van der Waals surface area contributed by atoms with Crippen LogP contribution in [0.15, 0.2) is 0 Å². The molecule has 2 fully saturated rings. The third-order valence-electron chi connectivity index (χ3n) is 4.67. The van der Waals surface area contributed by atoms with Crippen molar-refractivity contribution in [3.8, 4) is 0 Å². The van der Waals surface area contributed by atoms with Crippen LogP contribution in [0.5, 0.6) is 0 Å². The third-order valence-corrected chi connectivity index (χ3v) is 4.67. The summed E-state index contributed by atoms with van der Waals surface area (Å²) in [5.74, 6) is -0.485. The van der Waals surface area contributed by atoms with E-state index in [1.165, 1.54) is 0 Å². The fraction of sp³-hybridized carbons (Fsp3) is 0.867. The molecule has 6 nitrogen and oxygen atoms in total. The van der Waals surface area contributed by atoms with Crippen LogP contribution < -0.4 is 5.32 Å². The van der Waals surface area contributed by atoms with E-state index in [4.69, 9.17) is 5.11 Å². The van der Waals surface area contributed by atoms with E-state index in [0.29, 0.717) is 12.0 Å². The fourth-order valence-electron chi connectivity index (χ4n) is 3.24. The number of hydrogen-bond donors (Lipinski definition) is 2. The van der Waals surface area contributed by atoms with Crippen molar-refractivity contribution < 1.29 is 14.7 Å². The Bertz CT molecular complexity index is 380. The Hall–Kier alpha value is -1.30. The van der Waals surface area contributed by atoms with Gasteiger partial charge < -0.3 is 15.3 Å². The summed E-state index contributed by atoms with van der Waals surface area (Å²) in [4.78, 5) is 27.4. The van der Waals surface area contributed by atoms with Gasteiger partial charge >= 0.3 is 12.0 Å². The number of likely N-dealkylation sites (tertiary alicyclic amines) is 1. The molecule has 1 aliphatic heterocycles. The molecule has 2 aliphatic rings. The Labute approximate surface area is 126 Å². The minimum absolute atomic E-state index is 0.0315. The Balaban J connectivity index is 1.84. The van der Waals surface area contributed by atoms with E-state index in [1.807, 2.05) is 4.90 Å². The molecule has 1 saturated carbocycles. The Morgan fingerprint density at radius 2 is 1.95 bits per heavy atom. The number of carboxylic acids is 1. The highest BCUT2D eigenvalue weighted by molar-refractivity contribution is 5.76. The zero-order chi connectivity index (χ0) is 15.4. The highest BCUT2D eigenvalue weighted by Crippen LogP contribution is 2.34. The predicted octanol–water partition coefficient (Wildman–Crippen LogP) is 1.37. The summed E-state index contributed by atoms with van der Waals surface area (Å²) >= 11 is 0. The quantitative estimate of drug-likeness (QED) is 0.744.